The van der Waals surface area contributed by atoms with E-state index in [2.05, 4.69) is 10.1 Å². The summed E-state index contributed by atoms with van der Waals surface area (Å²) in [5, 5.41) is 21.3. The largest absolute Gasteiger partial charge is 0.478 e. The van der Waals surface area contributed by atoms with Crippen LogP contribution in [0, 0.1) is 11.7 Å². The smallest absolute Gasteiger partial charge is 0.339 e. The number of carbonyl (C=O) groups excluding carboxylic acids is 1. The number of hydrogen-bond donors (Lipinski definition) is 2. The Morgan fingerprint density at radius 3 is 2.76 bits per heavy atom. The molecule has 1 unspecified atom stereocenters. The number of carbonyl (C=O) groups is 2. The van der Waals surface area contributed by atoms with Crippen LogP contribution in [-0.4, -0.2) is 45.9 Å². The average Bonchev–Trinajstić information content (AvgIpc) is 3.31. The molecular formula is C17H16FN3O4. The van der Waals surface area contributed by atoms with Crippen molar-refractivity contribution in [3.63, 3.8) is 0 Å². The third-order valence-corrected chi connectivity index (χ3v) is 4.98. The second kappa shape index (κ2) is 5.65. The van der Waals surface area contributed by atoms with Crippen molar-refractivity contribution >= 4 is 23.3 Å². The number of pyridine rings is 1. The Hall–Kier alpha value is -2.77. The van der Waals surface area contributed by atoms with Crippen molar-refractivity contribution in [2.75, 3.05) is 18.0 Å². The highest BCUT2D eigenvalue weighted by Crippen LogP contribution is 2.47. The summed E-state index contributed by atoms with van der Waals surface area (Å²) < 4.78 is 14.6. The number of carboxylic acids is 1. The Balaban J connectivity index is 1.79. The summed E-state index contributed by atoms with van der Waals surface area (Å²) in [5.41, 5.74) is 0.715. The number of nitrogens with zero attached hydrogens (tertiary/aromatic N) is 3. The summed E-state index contributed by atoms with van der Waals surface area (Å²) in [7, 11) is 0. The van der Waals surface area contributed by atoms with Gasteiger partial charge in [-0.3, -0.25) is 4.79 Å². The lowest BCUT2D eigenvalue weighted by Gasteiger charge is -2.25. The monoisotopic (exact) mass is 345 g/mol. The molecule has 7 nitrogen and oxygen atoms in total. The molecule has 0 aromatic carbocycles. The highest BCUT2D eigenvalue weighted by atomic mass is 19.1. The number of halogens is 1. The number of hydrogen-bond acceptors (Lipinski definition) is 6. The zero-order valence-corrected chi connectivity index (χ0v) is 13.3. The number of rotatable bonds is 3. The summed E-state index contributed by atoms with van der Waals surface area (Å²) in [4.78, 5) is 29.8. The molecule has 3 aliphatic rings. The summed E-state index contributed by atoms with van der Waals surface area (Å²) in [6.45, 7) is 0.748. The Kier molecular flexibility index (Phi) is 3.55. The van der Waals surface area contributed by atoms with Gasteiger partial charge in [-0.25, -0.2) is 14.2 Å². The molecule has 0 amide bonds. The number of aromatic nitrogens is 1. The molecule has 2 N–H and O–H groups in total. The van der Waals surface area contributed by atoms with Crippen molar-refractivity contribution in [3.05, 3.63) is 34.8 Å². The van der Waals surface area contributed by atoms with E-state index in [4.69, 9.17) is 5.21 Å². The van der Waals surface area contributed by atoms with Crippen molar-refractivity contribution in [1.29, 1.82) is 0 Å². The van der Waals surface area contributed by atoms with Crippen LogP contribution in [-0.2, 0) is 4.79 Å². The number of ketones is 1. The van der Waals surface area contributed by atoms with Gasteiger partial charge in [-0.15, -0.1) is 0 Å². The fourth-order valence-corrected chi connectivity index (χ4v) is 3.52. The van der Waals surface area contributed by atoms with Crippen LogP contribution < -0.4 is 4.90 Å². The van der Waals surface area contributed by atoms with Crippen LogP contribution >= 0.6 is 0 Å². The highest BCUT2D eigenvalue weighted by Gasteiger charge is 2.41. The van der Waals surface area contributed by atoms with Crippen LogP contribution in [0.3, 0.4) is 0 Å². The summed E-state index contributed by atoms with van der Waals surface area (Å²) in [5.74, 6) is -2.60. The van der Waals surface area contributed by atoms with E-state index in [-0.39, 0.29) is 35.3 Å². The van der Waals surface area contributed by atoms with E-state index in [0.29, 0.717) is 24.4 Å². The molecular weight excluding hydrogens is 329 g/mol. The number of aliphatic carboxylic acids is 1. The maximum absolute atomic E-state index is 14.6. The van der Waals surface area contributed by atoms with E-state index >= 15 is 0 Å². The zero-order chi connectivity index (χ0) is 17.7. The number of fused-ring (bicyclic) bond motifs is 1. The summed E-state index contributed by atoms with van der Waals surface area (Å²) >= 11 is 0. The van der Waals surface area contributed by atoms with E-state index in [0.717, 1.165) is 18.9 Å². The van der Waals surface area contributed by atoms with E-state index in [9.17, 15) is 19.1 Å². The minimum absolute atomic E-state index is 0.0355. The van der Waals surface area contributed by atoms with Gasteiger partial charge in [0.1, 0.15) is 5.57 Å². The normalized spacial score (nSPS) is 24.4. The quantitative estimate of drug-likeness (QED) is 0.493. The van der Waals surface area contributed by atoms with Gasteiger partial charge < -0.3 is 15.2 Å². The van der Waals surface area contributed by atoms with Crippen molar-refractivity contribution < 1.29 is 24.3 Å². The molecule has 130 valence electrons. The second-order valence-electron chi connectivity index (χ2n) is 6.64. The highest BCUT2D eigenvalue weighted by molar-refractivity contribution is 6.25. The fourth-order valence-electron chi connectivity index (χ4n) is 3.52. The van der Waals surface area contributed by atoms with Gasteiger partial charge in [0.15, 0.2) is 11.6 Å². The van der Waals surface area contributed by atoms with Crippen molar-refractivity contribution in [3.8, 4) is 0 Å². The van der Waals surface area contributed by atoms with E-state index in [1.807, 2.05) is 0 Å². The molecule has 4 rings (SSSR count). The second-order valence-corrected chi connectivity index (χ2v) is 6.64. The SMILES string of the molecule is O=C(O)C1=CC(C2CC2)c2nc(N3CC/C(=N\O)C3)c(F)cc2C1=O. The zero-order valence-electron chi connectivity index (χ0n) is 13.3. The van der Waals surface area contributed by atoms with Crippen LogP contribution in [0.15, 0.2) is 22.9 Å². The molecule has 25 heavy (non-hydrogen) atoms. The Morgan fingerprint density at radius 2 is 2.16 bits per heavy atom. The Bertz CT molecular complexity index is 845. The molecule has 1 aromatic heterocycles. The van der Waals surface area contributed by atoms with Crippen molar-refractivity contribution in [2.24, 2.45) is 11.1 Å². The predicted octanol–water partition coefficient (Wildman–Crippen LogP) is 1.96. The van der Waals surface area contributed by atoms with Gasteiger partial charge in [0, 0.05) is 24.4 Å². The molecule has 0 spiro atoms. The van der Waals surface area contributed by atoms with E-state index < -0.39 is 17.6 Å². The number of allylic oxidation sites excluding steroid dienone is 1. The number of Topliss-reactive ketones (excluding diaryl/α,β-unsaturated/α-hetero) is 1. The summed E-state index contributed by atoms with van der Waals surface area (Å²) in [6.07, 6.45) is 3.84. The molecule has 1 atom stereocenters. The number of carboxylic acid groups (broad SMARTS) is 1. The Morgan fingerprint density at radius 1 is 1.40 bits per heavy atom. The molecule has 1 saturated heterocycles. The van der Waals surface area contributed by atoms with Crippen molar-refractivity contribution in [2.45, 2.75) is 25.2 Å². The maximum atomic E-state index is 14.6. The topological polar surface area (TPSA) is 103 Å². The molecule has 8 heteroatoms. The number of oxime groups is 1. The van der Waals surface area contributed by atoms with Gasteiger partial charge in [0.05, 0.1) is 18.0 Å². The molecule has 1 aliphatic heterocycles. The van der Waals surface area contributed by atoms with Gasteiger partial charge in [-0.05, 0) is 24.8 Å². The van der Waals surface area contributed by atoms with Gasteiger partial charge in [0.2, 0.25) is 5.78 Å². The Labute approximate surface area is 142 Å². The van der Waals surface area contributed by atoms with Crippen LogP contribution in [0.2, 0.25) is 0 Å². The molecule has 2 heterocycles. The molecule has 1 saturated carbocycles. The van der Waals surface area contributed by atoms with Gasteiger partial charge >= 0.3 is 5.97 Å². The lowest BCUT2D eigenvalue weighted by Crippen LogP contribution is -2.27. The van der Waals surface area contributed by atoms with E-state index in [1.165, 1.54) is 6.08 Å². The third-order valence-electron chi connectivity index (χ3n) is 4.98. The van der Waals surface area contributed by atoms with Crippen molar-refractivity contribution in [1.82, 2.24) is 4.98 Å². The minimum Gasteiger partial charge on any atom is -0.478 e. The first-order valence-electron chi connectivity index (χ1n) is 8.14. The van der Waals surface area contributed by atoms with Gasteiger partial charge in [-0.1, -0.05) is 11.2 Å². The van der Waals surface area contributed by atoms with Crippen LogP contribution in [0.5, 0.6) is 0 Å². The van der Waals surface area contributed by atoms with Crippen LogP contribution in [0.25, 0.3) is 0 Å². The predicted molar refractivity (Wildman–Crippen MR) is 85.8 cm³/mol. The fraction of sp³-hybridized carbons (Fsp3) is 0.412. The first-order valence-corrected chi connectivity index (χ1v) is 8.14. The minimum atomic E-state index is -1.30. The average molecular weight is 345 g/mol. The number of anilines is 1. The molecule has 2 fully saturated rings. The molecule has 0 bridgehead atoms. The van der Waals surface area contributed by atoms with E-state index in [1.54, 1.807) is 4.90 Å². The summed E-state index contributed by atoms with van der Waals surface area (Å²) in [6, 6.07) is 1.10. The molecule has 0 radical (unpaired) electrons. The standard InChI is InChI=1S/C17H16FN3O4/c18-13-6-11-14(19-16(13)21-4-3-9(7-21)20-25)10(8-1-2-8)5-12(15(11)22)17(23)24/h5-6,8,10,25H,1-4,7H2,(H,23,24)/b20-9+. The van der Waals surface area contributed by atoms with Crippen LogP contribution in [0.1, 0.15) is 41.2 Å². The third kappa shape index (κ3) is 2.57. The maximum Gasteiger partial charge on any atom is 0.339 e. The van der Waals surface area contributed by atoms with Crippen LogP contribution in [0.4, 0.5) is 10.2 Å². The first-order chi connectivity index (χ1) is 12.0. The lowest BCUT2D eigenvalue weighted by atomic mass is 9.84. The molecule has 2 aliphatic carbocycles. The van der Waals surface area contributed by atoms with Gasteiger partial charge in [0.25, 0.3) is 0 Å². The molecule has 1 aromatic rings. The van der Waals surface area contributed by atoms with Gasteiger partial charge in [-0.2, -0.15) is 0 Å². The first kappa shape index (κ1) is 15.7. The lowest BCUT2D eigenvalue weighted by molar-refractivity contribution is -0.132.